The number of benzene rings is 1. The fourth-order valence-electron chi connectivity index (χ4n) is 2.09. The minimum atomic E-state index is -0.519. The van der Waals surface area contributed by atoms with Crippen LogP contribution in [-0.2, 0) is 6.54 Å². The smallest absolute Gasteiger partial charge is 0.122 e. The lowest BCUT2D eigenvalue weighted by atomic mass is 10.1. The van der Waals surface area contributed by atoms with Crippen LogP contribution in [0.15, 0.2) is 29.8 Å². The highest BCUT2D eigenvalue weighted by atomic mass is 32.1. The second kappa shape index (κ2) is 7.54. The predicted octanol–water partition coefficient (Wildman–Crippen LogP) is 2.63. The van der Waals surface area contributed by atoms with Crippen molar-refractivity contribution < 1.29 is 9.84 Å². The summed E-state index contributed by atoms with van der Waals surface area (Å²) in [5, 5.41) is 13.1. The first kappa shape index (κ1) is 15.9. The van der Waals surface area contributed by atoms with Gasteiger partial charge < -0.3 is 9.84 Å². The second-order valence-corrected chi connectivity index (χ2v) is 6.34. The molecule has 0 radical (unpaired) electrons. The van der Waals surface area contributed by atoms with Crippen molar-refractivity contribution in [1.29, 1.82) is 0 Å². The van der Waals surface area contributed by atoms with E-state index in [9.17, 15) is 5.11 Å². The Labute approximate surface area is 130 Å². The SMILES string of the molecule is Cc1ccc(C)c(OCC(O)CN(C)Cc2nccs2)c1. The zero-order valence-electron chi connectivity index (χ0n) is 12.7. The van der Waals surface area contributed by atoms with Crippen LogP contribution in [0.25, 0.3) is 0 Å². The quantitative estimate of drug-likeness (QED) is 0.854. The third kappa shape index (κ3) is 5.12. The average Bonchev–Trinajstić information content (AvgIpc) is 2.92. The van der Waals surface area contributed by atoms with Crippen molar-refractivity contribution in [1.82, 2.24) is 9.88 Å². The molecule has 0 fully saturated rings. The summed E-state index contributed by atoms with van der Waals surface area (Å²) in [5.41, 5.74) is 2.25. The molecule has 0 amide bonds. The standard InChI is InChI=1S/C16H22N2O2S/c1-12-4-5-13(2)15(8-12)20-11-14(19)9-18(3)10-16-17-6-7-21-16/h4-8,14,19H,9-11H2,1-3H3. The minimum absolute atomic E-state index is 0.298. The second-order valence-electron chi connectivity index (χ2n) is 5.36. The van der Waals surface area contributed by atoms with Gasteiger partial charge in [0.05, 0.1) is 6.54 Å². The molecule has 2 aromatic rings. The van der Waals surface area contributed by atoms with Gasteiger partial charge in [-0.25, -0.2) is 4.98 Å². The van der Waals surface area contributed by atoms with Crippen molar-refractivity contribution in [2.45, 2.75) is 26.5 Å². The zero-order valence-corrected chi connectivity index (χ0v) is 13.6. The molecule has 0 saturated carbocycles. The highest BCUT2D eigenvalue weighted by molar-refractivity contribution is 7.09. The van der Waals surface area contributed by atoms with E-state index in [1.54, 1.807) is 17.5 Å². The molecule has 4 nitrogen and oxygen atoms in total. The largest absolute Gasteiger partial charge is 0.491 e. The molecular weight excluding hydrogens is 284 g/mol. The molecule has 0 bridgehead atoms. The minimum Gasteiger partial charge on any atom is -0.491 e. The van der Waals surface area contributed by atoms with Crippen molar-refractivity contribution in [3.05, 3.63) is 45.9 Å². The van der Waals surface area contributed by atoms with E-state index in [-0.39, 0.29) is 0 Å². The van der Waals surface area contributed by atoms with Crippen LogP contribution in [0.5, 0.6) is 5.75 Å². The van der Waals surface area contributed by atoms with Crippen LogP contribution in [0.4, 0.5) is 0 Å². The van der Waals surface area contributed by atoms with Crippen LogP contribution < -0.4 is 4.74 Å². The van der Waals surface area contributed by atoms with Crippen LogP contribution in [0.1, 0.15) is 16.1 Å². The number of likely N-dealkylation sites (N-methyl/N-ethyl adjacent to an activating group) is 1. The Hall–Kier alpha value is -1.43. The van der Waals surface area contributed by atoms with Crippen molar-refractivity contribution in [2.24, 2.45) is 0 Å². The third-order valence-electron chi connectivity index (χ3n) is 3.19. The molecule has 5 heteroatoms. The van der Waals surface area contributed by atoms with Gasteiger partial charge in [0.25, 0.3) is 0 Å². The monoisotopic (exact) mass is 306 g/mol. The van der Waals surface area contributed by atoms with Gasteiger partial charge in [-0.3, -0.25) is 4.90 Å². The molecule has 0 saturated heterocycles. The molecule has 114 valence electrons. The highest BCUT2D eigenvalue weighted by Gasteiger charge is 2.11. The molecule has 1 aromatic heterocycles. The number of rotatable bonds is 7. The Morgan fingerprint density at radius 3 is 2.90 bits per heavy atom. The zero-order chi connectivity index (χ0) is 15.2. The number of hydrogen-bond donors (Lipinski definition) is 1. The molecule has 0 aliphatic heterocycles. The summed E-state index contributed by atoms with van der Waals surface area (Å²) in [6.07, 6.45) is 1.28. The lowest BCUT2D eigenvalue weighted by Gasteiger charge is -2.20. The first-order valence-electron chi connectivity index (χ1n) is 6.99. The number of hydrogen-bond acceptors (Lipinski definition) is 5. The number of nitrogens with zero attached hydrogens (tertiary/aromatic N) is 2. The fourth-order valence-corrected chi connectivity index (χ4v) is 2.78. The number of ether oxygens (including phenoxy) is 1. The highest BCUT2D eigenvalue weighted by Crippen LogP contribution is 2.19. The van der Waals surface area contributed by atoms with Gasteiger partial charge in [-0.05, 0) is 38.1 Å². The fraction of sp³-hybridized carbons (Fsp3) is 0.438. The summed E-state index contributed by atoms with van der Waals surface area (Å²) >= 11 is 1.63. The first-order chi connectivity index (χ1) is 10.0. The predicted molar refractivity (Wildman–Crippen MR) is 85.9 cm³/mol. The van der Waals surface area contributed by atoms with E-state index in [2.05, 4.69) is 16.0 Å². The van der Waals surface area contributed by atoms with E-state index < -0.39 is 6.10 Å². The van der Waals surface area contributed by atoms with Crippen molar-refractivity contribution in [3.8, 4) is 5.75 Å². The van der Waals surface area contributed by atoms with E-state index in [4.69, 9.17) is 4.74 Å². The summed E-state index contributed by atoms with van der Waals surface area (Å²) in [7, 11) is 1.97. The lowest BCUT2D eigenvalue weighted by molar-refractivity contribution is 0.0741. The molecular formula is C16H22N2O2S. The Morgan fingerprint density at radius 2 is 2.19 bits per heavy atom. The van der Waals surface area contributed by atoms with Crippen LogP contribution in [-0.4, -0.2) is 41.3 Å². The lowest BCUT2D eigenvalue weighted by Crippen LogP contribution is -2.32. The molecule has 1 atom stereocenters. The number of aliphatic hydroxyl groups is 1. The maximum atomic E-state index is 10.1. The molecule has 0 aliphatic rings. The maximum absolute atomic E-state index is 10.1. The molecule has 1 heterocycles. The van der Waals surface area contributed by atoms with E-state index >= 15 is 0 Å². The van der Waals surface area contributed by atoms with Crippen LogP contribution >= 0.6 is 11.3 Å². The Kier molecular flexibility index (Phi) is 5.73. The van der Waals surface area contributed by atoms with E-state index in [1.165, 1.54) is 0 Å². The van der Waals surface area contributed by atoms with Crippen molar-refractivity contribution in [2.75, 3.05) is 20.2 Å². The molecule has 2 rings (SSSR count). The van der Waals surface area contributed by atoms with E-state index in [0.717, 1.165) is 28.4 Å². The molecule has 0 spiro atoms. The van der Waals surface area contributed by atoms with Gasteiger partial charge in [-0.15, -0.1) is 11.3 Å². The van der Waals surface area contributed by atoms with Crippen LogP contribution in [0.3, 0.4) is 0 Å². The van der Waals surface area contributed by atoms with Crippen LogP contribution in [0.2, 0.25) is 0 Å². The first-order valence-corrected chi connectivity index (χ1v) is 7.87. The molecule has 21 heavy (non-hydrogen) atoms. The Morgan fingerprint density at radius 1 is 1.38 bits per heavy atom. The van der Waals surface area contributed by atoms with Gasteiger partial charge in [-0.2, -0.15) is 0 Å². The van der Waals surface area contributed by atoms with Crippen molar-refractivity contribution >= 4 is 11.3 Å². The van der Waals surface area contributed by atoms with E-state index in [0.29, 0.717) is 13.2 Å². The molecule has 0 aliphatic carbocycles. The number of thiazole rings is 1. The topological polar surface area (TPSA) is 45.6 Å². The van der Waals surface area contributed by atoms with Crippen LogP contribution in [0, 0.1) is 13.8 Å². The van der Waals surface area contributed by atoms with Gasteiger partial charge in [0.15, 0.2) is 0 Å². The molecule has 1 unspecified atom stereocenters. The number of aliphatic hydroxyl groups excluding tert-OH is 1. The summed E-state index contributed by atoms with van der Waals surface area (Å²) < 4.78 is 5.73. The Balaban J connectivity index is 1.79. The number of aryl methyl sites for hydroxylation is 2. The van der Waals surface area contributed by atoms with Gasteiger partial charge >= 0.3 is 0 Å². The van der Waals surface area contributed by atoms with Gasteiger partial charge in [0.1, 0.15) is 23.5 Å². The number of aromatic nitrogens is 1. The molecule has 1 N–H and O–H groups in total. The Bertz CT molecular complexity index is 557. The summed E-state index contributed by atoms with van der Waals surface area (Å²) in [4.78, 5) is 6.29. The van der Waals surface area contributed by atoms with Gasteiger partial charge in [-0.1, -0.05) is 12.1 Å². The van der Waals surface area contributed by atoms with Crippen molar-refractivity contribution in [3.63, 3.8) is 0 Å². The average molecular weight is 306 g/mol. The normalized spacial score (nSPS) is 12.6. The van der Waals surface area contributed by atoms with Gasteiger partial charge in [0, 0.05) is 18.1 Å². The van der Waals surface area contributed by atoms with E-state index in [1.807, 2.05) is 38.4 Å². The van der Waals surface area contributed by atoms with Gasteiger partial charge in [0.2, 0.25) is 0 Å². The summed E-state index contributed by atoms with van der Waals surface area (Å²) in [6.45, 7) is 5.65. The summed E-state index contributed by atoms with van der Waals surface area (Å²) in [5.74, 6) is 0.844. The summed E-state index contributed by atoms with van der Waals surface area (Å²) in [6, 6.07) is 6.09. The maximum Gasteiger partial charge on any atom is 0.122 e. The molecule has 1 aromatic carbocycles. The third-order valence-corrected chi connectivity index (χ3v) is 3.95.